The van der Waals surface area contributed by atoms with Gasteiger partial charge in [-0.1, -0.05) is 13.8 Å². The third-order valence-electron chi connectivity index (χ3n) is 3.80. The van der Waals surface area contributed by atoms with Crippen molar-refractivity contribution in [2.24, 2.45) is 5.92 Å². The predicted molar refractivity (Wildman–Crippen MR) is 96.9 cm³/mol. The molecule has 1 saturated heterocycles. The zero-order valence-corrected chi connectivity index (χ0v) is 16.3. The molecule has 0 unspecified atom stereocenters. The summed E-state index contributed by atoms with van der Waals surface area (Å²) in [6.45, 7) is 7.21. The number of aromatic hydroxyl groups is 1. The first kappa shape index (κ1) is 22.9. The number of phenolic OH excluding ortho intramolecular Hbond substituents is 1. The fourth-order valence-corrected chi connectivity index (χ4v) is 3.21. The van der Waals surface area contributed by atoms with Crippen LogP contribution in [0.5, 0.6) is 5.75 Å². The Bertz CT molecular complexity index is 488. The minimum absolute atomic E-state index is 0. The summed E-state index contributed by atoms with van der Waals surface area (Å²) in [4.78, 5) is 2.11. The lowest BCUT2D eigenvalue weighted by Gasteiger charge is -2.36. The van der Waals surface area contributed by atoms with Crippen LogP contribution in [0.25, 0.3) is 0 Å². The van der Waals surface area contributed by atoms with Gasteiger partial charge in [0.25, 0.3) is 0 Å². The summed E-state index contributed by atoms with van der Waals surface area (Å²) >= 11 is 3.10. The third kappa shape index (κ3) is 5.43. The summed E-state index contributed by atoms with van der Waals surface area (Å²) in [5.41, 5.74) is 0.0671. The molecule has 1 aliphatic heterocycles. The van der Waals surface area contributed by atoms with Crippen LogP contribution in [0.3, 0.4) is 0 Å². The van der Waals surface area contributed by atoms with Crippen LogP contribution in [0, 0.1) is 17.6 Å². The van der Waals surface area contributed by atoms with Crippen LogP contribution in [0.2, 0.25) is 0 Å². The molecule has 134 valence electrons. The van der Waals surface area contributed by atoms with E-state index in [0.717, 1.165) is 32.2 Å². The topological polar surface area (TPSA) is 35.5 Å². The number of nitrogens with one attached hydrogen (secondary N) is 1. The van der Waals surface area contributed by atoms with Crippen molar-refractivity contribution in [3.05, 3.63) is 27.7 Å². The monoisotopic (exact) mass is 434 g/mol. The Morgan fingerprint density at radius 1 is 1.26 bits per heavy atom. The van der Waals surface area contributed by atoms with Gasteiger partial charge in [0.05, 0.1) is 10.0 Å². The molecule has 0 radical (unpaired) electrons. The first-order chi connectivity index (χ1) is 9.91. The van der Waals surface area contributed by atoms with Crippen molar-refractivity contribution >= 4 is 40.7 Å². The van der Waals surface area contributed by atoms with Gasteiger partial charge < -0.3 is 10.4 Å². The van der Waals surface area contributed by atoms with Gasteiger partial charge in [0, 0.05) is 32.2 Å². The lowest BCUT2D eigenvalue weighted by Crippen LogP contribution is -2.45. The SMILES string of the molecule is CC(C)C[C@@H](c1c(O)c(Br)cc(F)c1F)N1CCNCC1.Cl.Cl. The van der Waals surface area contributed by atoms with Gasteiger partial charge in [0.2, 0.25) is 0 Å². The number of phenols is 1. The Kier molecular flexibility index (Phi) is 9.93. The molecule has 1 aromatic rings. The lowest BCUT2D eigenvalue weighted by molar-refractivity contribution is 0.147. The number of hydrogen-bond donors (Lipinski definition) is 2. The summed E-state index contributed by atoms with van der Waals surface area (Å²) in [5, 5.41) is 13.5. The molecular weight excluding hydrogens is 413 g/mol. The molecule has 2 rings (SSSR count). The molecule has 0 saturated carbocycles. The van der Waals surface area contributed by atoms with Crippen LogP contribution < -0.4 is 5.32 Å². The molecule has 0 aromatic heterocycles. The maximum Gasteiger partial charge on any atom is 0.167 e. The van der Waals surface area contributed by atoms with Crippen molar-refractivity contribution in [2.75, 3.05) is 26.2 Å². The highest BCUT2D eigenvalue weighted by atomic mass is 79.9. The molecule has 2 N–H and O–H groups in total. The Labute approximate surface area is 156 Å². The van der Waals surface area contributed by atoms with Gasteiger partial charge in [0.1, 0.15) is 5.75 Å². The van der Waals surface area contributed by atoms with E-state index in [2.05, 4.69) is 26.1 Å². The molecule has 1 aromatic carbocycles. The van der Waals surface area contributed by atoms with Crippen LogP contribution in [-0.2, 0) is 0 Å². The van der Waals surface area contributed by atoms with Gasteiger partial charge >= 0.3 is 0 Å². The largest absolute Gasteiger partial charge is 0.506 e. The minimum atomic E-state index is -0.945. The highest BCUT2D eigenvalue weighted by Gasteiger charge is 2.30. The fourth-order valence-electron chi connectivity index (χ4n) is 2.80. The second kappa shape index (κ2) is 9.99. The van der Waals surface area contributed by atoms with Gasteiger partial charge in [-0.25, -0.2) is 8.78 Å². The van der Waals surface area contributed by atoms with Crippen molar-refractivity contribution in [3.63, 3.8) is 0 Å². The fraction of sp³-hybridized carbons (Fsp3) is 0.600. The molecule has 0 aliphatic carbocycles. The highest BCUT2D eigenvalue weighted by molar-refractivity contribution is 9.10. The summed E-state index contributed by atoms with van der Waals surface area (Å²) in [7, 11) is 0. The lowest BCUT2D eigenvalue weighted by atomic mass is 9.93. The number of nitrogens with zero attached hydrogens (tertiary/aromatic N) is 1. The normalized spacial score (nSPS) is 16.6. The van der Waals surface area contributed by atoms with E-state index < -0.39 is 11.6 Å². The van der Waals surface area contributed by atoms with Gasteiger partial charge in [-0.2, -0.15) is 0 Å². The van der Waals surface area contributed by atoms with Crippen molar-refractivity contribution in [1.82, 2.24) is 10.2 Å². The maximum atomic E-state index is 14.3. The van der Waals surface area contributed by atoms with Crippen LogP contribution in [0.15, 0.2) is 10.5 Å². The van der Waals surface area contributed by atoms with E-state index in [1.54, 1.807) is 0 Å². The van der Waals surface area contributed by atoms with E-state index in [1.807, 2.05) is 13.8 Å². The number of piperazine rings is 1. The standard InChI is InChI=1S/C15H21BrF2N2O.2ClH/c1-9(2)7-12(20-5-3-19-4-6-20)13-14(18)11(17)8-10(16)15(13)21;;/h8-9,12,19,21H,3-7H2,1-2H3;2*1H/t12-;;/m0../s1. The summed E-state index contributed by atoms with van der Waals surface area (Å²) in [6, 6.07) is 0.650. The Morgan fingerprint density at radius 2 is 1.83 bits per heavy atom. The molecular formula is C15H23BrCl2F2N2O. The van der Waals surface area contributed by atoms with E-state index in [-0.39, 0.29) is 46.6 Å². The first-order valence-corrected chi connectivity index (χ1v) is 8.02. The highest BCUT2D eigenvalue weighted by Crippen LogP contribution is 2.40. The molecule has 23 heavy (non-hydrogen) atoms. The molecule has 0 bridgehead atoms. The van der Waals surface area contributed by atoms with Crippen LogP contribution in [0.4, 0.5) is 8.78 Å². The van der Waals surface area contributed by atoms with Crippen molar-refractivity contribution < 1.29 is 13.9 Å². The average Bonchev–Trinajstić information content (AvgIpc) is 2.45. The molecule has 0 spiro atoms. The molecule has 0 amide bonds. The number of hydrogen-bond acceptors (Lipinski definition) is 3. The van der Waals surface area contributed by atoms with Crippen LogP contribution in [0.1, 0.15) is 31.9 Å². The second-order valence-electron chi connectivity index (χ2n) is 5.85. The van der Waals surface area contributed by atoms with E-state index in [0.29, 0.717) is 12.3 Å². The second-order valence-corrected chi connectivity index (χ2v) is 6.70. The minimum Gasteiger partial charge on any atom is -0.506 e. The number of rotatable bonds is 4. The zero-order chi connectivity index (χ0) is 15.6. The van der Waals surface area contributed by atoms with Crippen molar-refractivity contribution in [1.29, 1.82) is 0 Å². The number of benzene rings is 1. The average molecular weight is 436 g/mol. The molecule has 8 heteroatoms. The van der Waals surface area contributed by atoms with Gasteiger partial charge in [-0.05, 0) is 34.3 Å². The van der Waals surface area contributed by atoms with Crippen molar-refractivity contribution in [2.45, 2.75) is 26.3 Å². The summed E-state index contributed by atoms with van der Waals surface area (Å²) < 4.78 is 28.2. The number of halogens is 5. The molecule has 1 heterocycles. The molecule has 1 fully saturated rings. The van der Waals surface area contributed by atoms with Gasteiger partial charge in [0.15, 0.2) is 11.6 Å². The molecule has 1 aliphatic rings. The van der Waals surface area contributed by atoms with Gasteiger partial charge in [-0.15, -0.1) is 24.8 Å². The first-order valence-electron chi connectivity index (χ1n) is 7.23. The Hall–Kier alpha value is -0.140. The van der Waals surface area contributed by atoms with E-state index in [1.165, 1.54) is 0 Å². The zero-order valence-electron chi connectivity index (χ0n) is 13.1. The summed E-state index contributed by atoms with van der Waals surface area (Å²) in [5.74, 6) is -1.76. The molecule has 3 nitrogen and oxygen atoms in total. The van der Waals surface area contributed by atoms with E-state index >= 15 is 0 Å². The van der Waals surface area contributed by atoms with Crippen molar-refractivity contribution in [3.8, 4) is 5.75 Å². The van der Waals surface area contributed by atoms with E-state index in [4.69, 9.17) is 0 Å². The quantitative estimate of drug-likeness (QED) is 0.693. The summed E-state index contributed by atoms with van der Waals surface area (Å²) in [6.07, 6.45) is 0.667. The smallest absolute Gasteiger partial charge is 0.167 e. The Morgan fingerprint density at radius 3 is 2.35 bits per heavy atom. The van der Waals surface area contributed by atoms with E-state index in [9.17, 15) is 13.9 Å². The molecule has 1 atom stereocenters. The maximum absolute atomic E-state index is 14.3. The van der Waals surface area contributed by atoms with Crippen LogP contribution >= 0.6 is 40.7 Å². The predicted octanol–water partition coefficient (Wildman–Crippen LogP) is 4.27. The van der Waals surface area contributed by atoms with Crippen LogP contribution in [-0.4, -0.2) is 36.2 Å². The third-order valence-corrected chi connectivity index (χ3v) is 4.41. The van der Waals surface area contributed by atoms with Gasteiger partial charge in [-0.3, -0.25) is 4.90 Å². The Balaban J connectivity index is 0.00000242.